The van der Waals surface area contributed by atoms with Crippen molar-refractivity contribution in [2.24, 2.45) is 0 Å². The van der Waals surface area contributed by atoms with Crippen molar-refractivity contribution < 1.29 is 42.9 Å². The zero-order chi connectivity index (χ0) is 28.7. The van der Waals surface area contributed by atoms with Crippen molar-refractivity contribution in [1.82, 2.24) is 9.97 Å². The van der Waals surface area contributed by atoms with Crippen LogP contribution in [0, 0.1) is 0 Å². The number of carboxylic acids is 1. The third kappa shape index (κ3) is 4.84. The molecule has 2 heterocycles. The molecule has 0 fully saturated rings. The fraction of sp³-hybridized carbons (Fsp3) is 0.120. The molecule has 1 aliphatic heterocycles. The molecule has 5 rings (SSSR count). The van der Waals surface area contributed by atoms with Crippen LogP contribution < -0.4 is 9.80 Å². The van der Waals surface area contributed by atoms with E-state index >= 15 is 0 Å². The highest BCUT2D eigenvalue weighted by Crippen LogP contribution is 2.47. The molecule has 39 heavy (non-hydrogen) atoms. The first-order valence-corrected chi connectivity index (χ1v) is 11.3. The number of aromatic nitrogens is 2. The minimum atomic E-state index is -5.08. The summed E-state index contributed by atoms with van der Waals surface area (Å²) in [5.74, 6) is -3.00. The lowest BCUT2D eigenvalue weighted by molar-refractivity contribution is -0.192. The van der Waals surface area contributed by atoms with Gasteiger partial charge in [-0.1, -0.05) is 48.0 Å². The van der Waals surface area contributed by atoms with Gasteiger partial charge in [-0.3, -0.25) is 14.6 Å². The monoisotopic (exact) mass is 562 g/mol. The van der Waals surface area contributed by atoms with E-state index in [1.807, 2.05) is 0 Å². The molecule has 1 aliphatic rings. The lowest BCUT2D eigenvalue weighted by Crippen LogP contribution is -2.45. The molecule has 0 aliphatic carbocycles. The molecule has 4 N–H and O–H groups in total. The fourth-order valence-electron chi connectivity index (χ4n) is 4.02. The van der Waals surface area contributed by atoms with Crippen LogP contribution >= 0.6 is 11.6 Å². The smallest absolute Gasteiger partial charge is 0.475 e. The van der Waals surface area contributed by atoms with Gasteiger partial charge < -0.3 is 20.3 Å². The lowest BCUT2D eigenvalue weighted by atomic mass is 9.93. The topological polar surface area (TPSA) is 147 Å². The van der Waals surface area contributed by atoms with Crippen LogP contribution in [0.4, 0.5) is 29.6 Å². The second-order valence-corrected chi connectivity index (χ2v) is 8.65. The van der Waals surface area contributed by atoms with Crippen LogP contribution in [-0.2, 0) is 10.5 Å². The van der Waals surface area contributed by atoms with Crippen LogP contribution in [0.3, 0.4) is 0 Å². The summed E-state index contributed by atoms with van der Waals surface area (Å²) in [4.78, 5) is 43.1. The maximum atomic E-state index is 13.4. The number of anilines is 2. The van der Waals surface area contributed by atoms with Crippen molar-refractivity contribution in [3.8, 4) is 0 Å². The number of amides is 2. The van der Waals surface area contributed by atoms with Crippen LogP contribution in [0.25, 0.3) is 11.0 Å². The van der Waals surface area contributed by atoms with Crippen LogP contribution in [-0.4, -0.2) is 56.5 Å². The summed E-state index contributed by atoms with van der Waals surface area (Å²) < 4.78 is 31.7. The maximum Gasteiger partial charge on any atom is 0.490 e. The highest BCUT2D eigenvalue weighted by atomic mass is 35.5. The number of para-hydroxylation sites is 1. The molecule has 0 saturated carbocycles. The van der Waals surface area contributed by atoms with Gasteiger partial charge in [0, 0.05) is 23.7 Å². The first kappa shape index (κ1) is 27.4. The van der Waals surface area contributed by atoms with E-state index < -0.39 is 24.0 Å². The highest BCUT2D eigenvalue weighted by Gasteiger charge is 2.51. The van der Waals surface area contributed by atoms with Gasteiger partial charge in [-0.2, -0.15) is 13.2 Å². The maximum absolute atomic E-state index is 13.4. The Balaban J connectivity index is 0.000000448. The minimum Gasteiger partial charge on any atom is -0.475 e. The number of hydrogen-bond donors (Lipinski definition) is 4. The number of fused-ring (bicyclic) bond motifs is 2. The molecular weight excluding hydrogens is 545 g/mol. The van der Waals surface area contributed by atoms with Crippen LogP contribution in [0.5, 0.6) is 0 Å². The summed E-state index contributed by atoms with van der Waals surface area (Å²) in [6.45, 7) is 0. The number of H-pyrrole nitrogens is 1. The van der Waals surface area contributed by atoms with Crippen LogP contribution in [0.2, 0.25) is 5.02 Å². The molecule has 14 heteroatoms. The van der Waals surface area contributed by atoms with Gasteiger partial charge in [-0.15, -0.1) is 0 Å². The molecule has 0 spiro atoms. The Kier molecular flexibility index (Phi) is 6.98. The number of imidazole rings is 1. The van der Waals surface area contributed by atoms with Gasteiger partial charge in [0.05, 0.1) is 21.7 Å². The summed E-state index contributed by atoms with van der Waals surface area (Å²) in [5.41, 5.74) is 0.721. The number of aromatic amines is 1. The van der Waals surface area contributed by atoms with E-state index in [0.717, 1.165) is 4.90 Å². The van der Waals surface area contributed by atoms with Crippen molar-refractivity contribution in [2.45, 2.75) is 11.9 Å². The number of alkyl halides is 3. The number of aliphatic hydroxyl groups is 1. The largest absolute Gasteiger partial charge is 0.490 e. The van der Waals surface area contributed by atoms with Crippen molar-refractivity contribution in [3.63, 3.8) is 0 Å². The summed E-state index contributed by atoms with van der Waals surface area (Å²) in [6, 6.07) is 18.6. The molecule has 4 aromatic rings. The average Bonchev–Trinajstić information content (AvgIpc) is 3.41. The van der Waals surface area contributed by atoms with E-state index in [1.165, 1.54) is 11.9 Å². The first-order valence-electron chi connectivity index (χ1n) is 10.9. The Morgan fingerprint density at radius 1 is 1.05 bits per heavy atom. The Hall–Kier alpha value is -4.62. The molecule has 0 bridgehead atoms. The minimum absolute atomic E-state index is 0.141. The normalized spacial score (nSPS) is 16.5. The number of nitrogens with one attached hydrogen (secondary N) is 1. The zero-order valence-corrected chi connectivity index (χ0v) is 20.5. The zero-order valence-electron chi connectivity index (χ0n) is 19.8. The van der Waals surface area contributed by atoms with E-state index in [2.05, 4.69) is 9.97 Å². The molecule has 0 saturated heterocycles. The average molecular weight is 563 g/mol. The van der Waals surface area contributed by atoms with E-state index in [1.54, 1.807) is 66.7 Å². The quantitative estimate of drug-likeness (QED) is 0.280. The van der Waals surface area contributed by atoms with Gasteiger partial charge in [0.2, 0.25) is 5.95 Å². The predicted molar refractivity (Wildman–Crippen MR) is 134 cm³/mol. The number of aliphatic carboxylic acids is 1. The second-order valence-electron chi connectivity index (χ2n) is 8.25. The number of carbonyl (C=O) groups is 3. The lowest BCUT2D eigenvalue weighted by Gasteiger charge is -2.35. The molecule has 1 unspecified atom stereocenters. The second kappa shape index (κ2) is 9.93. The Morgan fingerprint density at radius 3 is 2.28 bits per heavy atom. The fourth-order valence-corrected chi connectivity index (χ4v) is 4.24. The number of carboxylic acid groups (broad SMARTS) is 2. The SMILES string of the molecule is CN(C(=O)O)c1nc2cc(C3(O)c4ccccc4C(=O)N3c3ccccc3Cl)ccc2[nH]1.O=C(O)C(F)(F)F. The van der Waals surface area contributed by atoms with Crippen LogP contribution in [0.1, 0.15) is 21.5 Å². The van der Waals surface area contributed by atoms with Gasteiger partial charge >= 0.3 is 18.2 Å². The van der Waals surface area contributed by atoms with Crippen molar-refractivity contribution in [3.05, 3.63) is 88.4 Å². The molecule has 1 aromatic heterocycles. The molecule has 2 amide bonds. The van der Waals surface area contributed by atoms with Gasteiger partial charge in [-0.05, 0) is 30.3 Å². The molecule has 10 nitrogen and oxygen atoms in total. The van der Waals surface area contributed by atoms with Crippen molar-refractivity contribution in [1.29, 1.82) is 0 Å². The third-order valence-electron chi connectivity index (χ3n) is 5.87. The van der Waals surface area contributed by atoms with Gasteiger partial charge in [0.15, 0.2) is 5.72 Å². The number of carbonyl (C=O) groups excluding carboxylic acids is 1. The third-order valence-corrected chi connectivity index (χ3v) is 6.19. The number of rotatable bonds is 3. The Morgan fingerprint density at radius 2 is 1.67 bits per heavy atom. The summed E-state index contributed by atoms with van der Waals surface area (Å²) >= 11 is 6.41. The van der Waals surface area contributed by atoms with Gasteiger partial charge in [-0.25, -0.2) is 14.6 Å². The van der Waals surface area contributed by atoms with Gasteiger partial charge in [0.1, 0.15) is 0 Å². The molecule has 1 atom stereocenters. The molecule has 3 aromatic carbocycles. The molecule has 0 radical (unpaired) electrons. The summed E-state index contributed by atoms with van der Waals surface area (Å²) in [7, 11) is 1.37. The summed E-state index contributed by atoms with van der Waals surface area (Å²) in [6.07, 6.45) is -6.25. The van der Waals surface area contributed by atoms with Crippen molar-refractivity contribution in [2.75, 3.05) is 16.8 Å². The predicted octanol–water partition coefficient (Wildman–Crippen LogP) is 4.82. The number of halogens is 4. The standard InChI is InChI=1S/C23H17ClN4O4.C2HF3O2/c1-27(22(30)31)21-25-17-11-10-13(12-18(17)26-21)23(32)15-7-3-2-6-14(15)20(29)28(23)19-9-5-4-8-16(19)24;3-2(4,5)1(6)7/h2-12,32H,1H3,(H,25,26)(H,30,31);(H,6,7). The first-order chi connectivity index (χ1) is 18.3. The Bertz CT molecular complexity index is 1610. The van der Waals surface area contributed by atoms with E-state index in [0.29, 0.717) is 38.4 Å². The number of nitrogens with zero attached hydrogens (tertiary/aromatic N) is 3. The molecule has 202 valence electrons. The number of hydrogen-bond acceptors (Lipinski definition) is 5. The van der Waals surface area contributed by atoms with E-state index in [9.17, 15) is 33.0 Å². The van der Waals surface area contributed by atoms with Crippen molar-refractivity contribution >= 4 is 52.2 Å². The highest BCUT2D eigenvalue weighted by molar-refractivity contribution is 6.34. The van der Waals surface area contributed by atoms with E-state index in [-0.39, 0.29) is 11.9 Å². The van der Waals surface area contributed by atoms with Crippen LogP contribution in [0.15, 0.2) is 66.7 Å². The molecular formula is C25H18ClF3N4O6. The van der Waals surface area contributed by atoms with Gasteiger partial charge in [0.25, 0.3) is 5.91 Å². The number of benzene rings is 3. The summed E-state index contributed by atoms with van der Waals surface area (Å²) in [5, 5.41) is 28.8. The Labute approximate surface area is 222 Å². The van der Waals surface area contributed by atoms with E-state index in [4.69, 9.17) is 21.5 Å².